The summed E-state index contributed by atoms with van der Waals surface area (Å²) < 4.78 is 6.98. The summed E-state index contributed by atoms with van der Waals surface area (Å²) in [6.07, 6.45) is 3.94. The van der Waals surface area contributed by atoms with Gasteiger partial charge in [0.1, 0.15) is 0 Å². The molecule has 0 N–H and O–H groups in total. The smallest absolute Gasteiger partial charge is 0.0589 e. The predicted molar refractivity (Wildman–Crippen MR) is 56.3 cm³/mol. The maximum absolute atomic E-state index is 5.00. The highest BCUT2D eigenvalue weighted by atomic mass is 16.5. The Morgan fingerprint density at radius 1 is 1.50 bits per heavy atom. The fourth-order valence-electron chi connectivity index (χ4n) is 1.22. The molecule has 0 bridgehead atoms. The van der Waals surface area contributed by atoms with Crippen molar-refractivity contribution in [3.05, 3.63) is 18.0 Å². The van der Waals surface area contributed by atoms with Crippen molar-refractivity contribution in [3.8, 4) is 0 Å². The standard InChI is InChI=1S/C10H19N3O/c1-10-8-11-13(9-10)5-4-12(2)6-7-14-3/h8-9H,4-7H2,1-3H3. The maximum atomic E-state index is 5.00. The lowest BCUT2D eigenvalue weighted by atomic mass is 10.4. The van der Waals surface area contributed by atoms with Crippen LogP contribution in [0.15, 0.2) is 12.4 Å². The second kappa shape index (κ2) is 5.78. The van der Waals surface area contributed by atoms with E-state index < -0.39 is 0 Å². The lowest BCUT2D eigenvalue weighted by molar-refractivity contribution is 0.159. The predicted octanol–water partition coefficient (Wildman–Crippen LogP) is 0.770. The number of ether oxygens (including phenoxy) is 1. The minimum absolute atomic E-state index is 0.786. The minimum atomic E-state index is 0.786. The molecule has 1 rings (SSSR count). The quantitative estimate of drug-likeness (QED) is 0.675. The third kappa shape index (κ3) is 3.89. The Bertz CT molecular complexity index is 260. The summed E-state index contributed by atoms with van der Waals surface area (Å²) in [5.41, 5.74) is 1.21. The van der Waals surface area contributed by atoms with Crippen LogP contribution in [0.4, 0.5) is 0 Å². The molecule has 4 heteroatoms. The summed E-state index contributed by atoms with van der Waals surface area (Å²) in [4.78, 5) is 2.24. The zero-order chi connectivity index (χ0) is 10.4. The molecular weight excluding hydrogens is 178 g/mol. The van der Waals surface area contributed by atoms with Gasteiger partial charge in [-0.25, -0.2) is 0 Å². The van der Waals surface area contributed by atoms with Crippen molar-refractivity contribution in [2.75, 3.05) is 33.9 Å². The molecule has 0 aromatic carbocycles. The van der Waals surface area contributed by atoms with Crippen molar-refractivity contribution < 1.29 is 4.74 Å². The van der Waals surface area contributed by atoms with E-state index in [2.05, 4.69) is 30.2 Å². The van der Waals surface area contributed by atoms with Crippen molar-refractivity contribution in [1.82, 2.24) is 14.7 Å². The van der Waals surface area contributed by atoms with Crippen LogP contribution >= 0.6 is 0 Å². The molecule has 4 nitrogen and oxygen atoms in total. The first-order valence-corrected chi connectivity index (χ1v) is 4.89. The first kappa shape index (κ1) is 11.2. The molecule has 1 aromatic heterocycles. The van der Waals surface area contributed by atoms with Crippen molar-refractivity contribution in [2.24, 2.45) is 0 Å². The third-order valence-electron chi connectivity index (χ3n) is 2.15. The molecule has 0 saturated heterocycles. The molecule has 0 fully saturated rings. The average Bonchev–Trinajstić information content (AvgIpc) is 2.58. The van der Waals surface area contributed by atoms with Crippen LogP contribution in [-0.4, -0.2) is 48.5 Å². The van der Waals surface area contributed by atoms with Gasteiger partial charge in [0.2, 0.25) is 0 Å². The molecule has 0 aliphatic heterocycles. The van der Waals surface area contributed by atoms with Gasteiger partial charge in [-0.3, -0.25) is 4.68 Å². The lowest BCUT2D eigenvalue weighted by Crippen LogP contribution is -2.26. The fraction of sp³-hybridized carbons (Fsp3) is 0.700. The summed E-state index contributed by atoms with van der Waals surface area (Å²) in [6.45, 7) is 5.75. The summed E-state index contributed by atoms with van der Waals surface area (Å²) in [7, 11) is 3.82. The van der Waals surface area contributed by atoms with Crippen molar-refractivity contribution in [2.45, 2.75) is 13.5 Å². The van der Waals surface area contributed by atoms with Gasteiger partial charge in [0, 0.05) is 26.4 Å². The zero-order valence-electron chi connectivity index (χ0n) is 9.23. The van der Waals surface area contributed by atoms with Crippen LogP contribution < -0.4 is 0 Å². The van der Waals surface area contributed by atoms with Gasteiger partial charge < -0.3 is 9.64 Å². The van der Waals surface area contributed by atoms with Gasteiger partial charge >= 0.3 is 0 Å². The molecule has 0 amide bonds. The summed E-state index contributed by atoms with van der Waals surface area (Å²) >= 11 is 0. The summed E-state index contributed by atoms with van der Waals surface area (Å²) in [5.74, 6) is 0. The van der Waals surface area contributed by atoms with Crippen molar-refractivity contribution in [3.63, 3.8) is 0 Å². The highest BCUT2D eigenvalue weighted by Crippen LogP contribution is 1.94. The molecule has 1 heterocycles. The molecule has 0 aliphatic rings. The van der Waals surface area contributed by atoms with Gasteiger partial charge in [-0.15, -0.1) is 0 Å². The van der Waals surface area contributed by atoms with E-state index in [0.717, 1.165) is 26.2 Å². The van der Waals surface area contributed by atoms with Crippen molar-refractivity contribution in [1.29, 1.82) is 0 Å². The highest BCUT2D eigenvalue weighted by Gasteiger charge is 1.98. The molecule has 0 aliphatic carbocycles. The van der Waals surface area contributed by atoms with E-state index in [0.29, 0.717) is 0 Å². The molecule has 1 aromatic rings. The van der Waals surface area contributed by atoms with Gasteiger partial charge in [0.25, 0.3) is 0 Å². The zero-order valence-corrected chi connectivity index (χ0v) is 9.23. The Kier molecular flexibility index (Phi) is 4.62. The number of hydrogen-bond donors (Lipinski definition) is 0. The second-order valence-corrected chi connectivity index (χ2v) is 3.58. The van der Waals surface area contributed by atoms with E-state index in [4.69, 9.17) is 4.74 Å². The van der Waals surface area contributed by atoms with E-state index in [-0.39, 0.29) is 0 Å². The van der Waals surface area contributed by atoms with E-state index in [1.54, 1.807) is 7.11 Å². The number of aryl methyl sites for hydroxylation is 1. The number of likely N-dealkylation sites (N-methyl/N-ethyl adjacent to an activating group) is 1. The van der Waals surface area contributed by atoms with Gasteiger partial charge in [-0.2, -0.15) is 5.10 Å². The van der Waals surface area contributed by atoms with Gasteiger partial charge in [0.15, 0.2) is 0 Å². The Morgan fingerprint density at radius 2 is 2.29 bits per heavy atom. The summed E-state index contributed by atoms with van der Waals surface area (Å²) in [5, 5.41) is 4.23. The third-order valence-corrected chi connectivity index (χ3v) is 2.15. The number of aromatic nitrogens is 2. The molecular formula is C10H19N3O. The number of rotatable bonds is 6. The normalized spacial score (nSPS) is 11.1. The largest absolute Gasteiger partial charge is 0.383 e. The molecule has 0 spiro atoms. The first-order chi connectivity index (χ1) is 6.72. The topological polar surface area (TPSA) is 30.3 Å². The Balaban J connectivity index is 2.20. The van der Waals surface area contributed by atoms with E-state index >= 15 is 0 Å². The van der Waals surface area contributed by atoms with Crippen LogP contribution in [-0.2, 0) is 11.3 Å². The Labute approximate surface area is 85.5 Å². The molecule has 14 heavy (non-hydrogen) atoms. The fourth-order valence-corrected chi connectivity index (χ4v) is 1.22. The van der Waals surface area contributed by atoms with E-state index in [1.165, 1.54) is 5.56 Å². The van der Waals surface area contributed by atoms with Crippen LogP contribution in [0.2, 0.25) is 0 Å². The van der Waals surface area contributed by atoms with Crippen molar-refractivity contribution >= 4 is 0 Å². The lowest BCUT2D eigenvalue weighted by Gasteiger charge is -2.15. The SMILES string of the molecule is COCCN(C)CCn1cc(C)cn1. The maximum Gasteiger partial charge on any atom is 0.0589 e. The average molecular weight is 197 g/mol. The van der Waals surface area contributed by atoms with Crippen LogP contribution in [0.25, 0.3) is 0 Å². The molecule has 80 valence electrons. The Morgan fingerprint density at radius 3 is 2.86 bits per heavy atom. The summed E-state index contributed by atoms with van der Waals surface area (Å²) in [6, 6.07) is 0. The van der Waals surface area contributed by atoms with E-state index in [9.17, 15) is 0 Å². The highest BCUT2D eigenvalue weighted by molar-refractivity contribution is 4.99. The first-order valence-electron chi connectivity index (χ1n) is 4.89. The van der Waals surface area contributed by atoms with E-state index in [1.807, 2.05) is 10.9 Å². The molecule has 0 saturated carbocycles. The Hall–Kier alpha value is -0.870. The second-order valence-electron chi connectivity index (χ2n) is 3.58. The molecule has 0 unspecified atom stereocenters. The molecule has 0 radical (unpaired) electrons. The van der Waals surface area contributed by atoms with Gasteiger partial charge in [-0.05, 0) is 19.5 Å². The van der Waals surface area contributed by atoms with Gasteiger partial charge in [-0.1, -0.05) is 0 Å². The number of methoxy groups -OCH3 is 1. The number of hydrogen-bond acceptors (Lipinski definition) is 3. The van der Waals surface area contributed by atoms with Gasteiger partial charge in [0.05, 0.1) is 19.3 Å². The minimum Gasteiger partial charge on any atom is -0.383 e. The number of nitrogens with zero attached hydrogens (tertiary/aromatic N) is 3. The van der Waals surface area contributed by atoms with Crippen LogP contribution in [0.3, 0.4) is 0 Å². The monoisotopic (exact) mass is 197 g/mol. The van der Waals surface area contributed by atoms with Crippen LogP contribution in [0.1, 0.15) is 5.56 Å². The van der Waals surface area contributed by atoms with Crippen LogP contribution in [0, 0.1) is 6.92 Å². The van der Waals surface area contributed by atoms with Crippen LogP contribution in [0.5, 0.6) is 0 Å². The molecule has 0 atom stereocenters.